The molecule has 0 aliphatic carbocycles. The van der Waals surface area contributed by atoms with Crippen molar-refractivity contribution in [2.75, 3.05) is 0 Å². The first-order chi connectivity index (χ1) is 4.61. The van der Waals surface area contributed by atoms with Gasteiger partial charge < -0.3 is 0 Å². The van der Waals surface area contributed by atoms with Gasteiger partial charge in [0.2, 0.25) is 0 Å². The Morgan fingerprint density at radius 1 is 1.10 bits per heavy atom. The van der Waals surface area contributed by atoms with Crippen molar-refractivity contribution in [3.8, 4) is 0 Å². The van der Waals surface area contributed by atoms with Gasteiger partial charge in [0.25, 0.3) is 11.8 Å². The molecule has 0 bridgehead atoms. The largest absolute Gasteiger partial charge is 0.328 e. The number of halogens is 1. The number of rotatable bonds is 0. The van der Waals surface area contributed by atoms with Crippen LogP contribution in [0, 0.1) is 0 Å². The summed E-state index contributed by atoms with van der Waals surface area (Å²) in [5.74, 6) is -1.56. The van der Waals surface area contributed by atoms with Crippen LogP contribution in [0.3, 0.4) is 0 Å². The van der Waals surface area contributed by atoms with Crippen LogP contribution in [-0.2, 0) is 9.59 Å². The van der Waals surface area contributed by atoms with Crippen molar-refractivity contribution in [3.63, 3.8) is 0 Å². The molecule has 0 aromatic heterocycles. The molecule has 1 rings (SSSR count). The third-order valence-electron chi connectivity index (χ3n) is 0.934. The highest BCUT2D eigenvalue weighted by molar-refractivity contribution is 6.44. The van der Waals surface area contributed by atoms with Crippen LogP contribution >= 0.6 is 11.6 Å². The van der Waals surface area contributed by atoms with Crippen LogP contribution in [0.15, 0.2) is 0 Å². The number of barbiturate groups is 1. The van der Waals surface area contributed by atoms with Crippen LogP contribution in [0.25, 0.3) is 0 Å². The number of carbonyl (C=O) groups excluding carboxylic acids is 3. The average molecular weight is 163 g/mol. The van der Waals surface area contributed by atoms with E-state index >= 15 is 0 Å². The van der Waals surface area contributed by atoms with Gasteiger partial charge in [0.1, 0.15) is 0 Å². The molecule has 1 saturated heterocycles. The van der Waals surface area contributed by atoms with Crippen LogP contribution in [-0.4, -0.2) is 23.2 Å². The van der Waals surface area contributed by atoms with E-state index in [-0.39, 0.29) is 0 Å². The summed E-state index contributed by atoms with van der Waals surface area (Å²) in [6.07, 6.45) is 0. The monoisotopic (exact) mass is 162 g/mol. The molecule has 0 unspecified atom stereocenters. The zero-order valence-corrected chi connectivity index (χ0v) is 5.44. The topological polar surface area (TPSA) is 75.3 Å². The fourth-order valence-electron chi connectivity index (χ4n) is 0.501. The predicted molar refractivity (Wildman–Crippen MR) is 31.3 cm³/mol. The molecule has 0 saturated carbocycles. The molecule has 0 atom stereocenters. The van der Waals surface area contributed by atoms with Gasteiger partial charge in [0.15, 0.2) is 5.38 Å². The summed E-state index contributed by atoms with van der Waals surface area (Å²) in [6, 6.07) is -0.827. The molecule has 4 amide bonds. The Kier molecular flexibility index (Phi) is 1.58. The summed E-state index contributed by atoms with van der Waals surface area (Å²) < 4.78 is 0. The Balaban J connectivity index is 2.76. The first-order valence-corrected chi connectivity index (χ1v) is 2.84. The number of hydrogen-bond donors (Lipinski definition) is 2. The number of imide groups is 2. The number of alkyl halides is 1. The molecule has 2 N–H and O–H groups in total. The van der Waals surface area contributed by atoms with E-state index in [0.29, 0.717) is 0 Å². The highest BCUT2D eigenvalue weighted by atomic mass is 35.5. The van der Waals surface area contributed by atoms with E-state index in [0.717, 1.165) is 0 Å². The van der Waals surface area contributed by atoms with Crippen LogP contribution in [0.4, 0.5) is 4.79 Å². The molecular formula is C4H3ClN2O3. The number of amides is 4. The second-order valence-corrected chi connectivity index (χ2v) is 2.11. The molecule has 1 aliphatic heterocycles. The standard InChI is InChI=1S/C4H3ClN2O3/c5-1-2(8)6-4(10)7-3(1)9/h1H,(H2,6,7,8,9,10). The Bertz CT molecular complexity index is 195. The van der Waals surface area contributed by atoms with Crippen molar-refractivity contribution >= 4 is 29.4 Å². The molecule has 1 fully saturated rings. The molecule has 0 spiro atoms. The van der Waals surface area contributed by atoms with Gasteiger partial charge in [-0.2, -0.15) is 0 Å². The smallest absolute Gasteiger partial charge is 0.276 e. The summed E-state index contributed by atoms with van der Waals surface area (Å²) in [6.45, 7) is 0. The van der Waals surface area contributed by atoms with Crippen molar-refractivity contribution in [1.29, 1.82) is 0 Å². The lowest BCUT2D eigenvalue weighted by molar-refractivity contribution is -0.129. The van der Waals surface area contributed by atoms with Gasteiger partial charge in [0.05, 0.1) is 0 Å². The van der Waals surface area contributed by atoms with Crippen LogP contribution in [0.1, 0.15) is 0 Å². The van der Waals surface area contributed by atoms with Crippen molar-refractivity contribution < 1.29 is 14.4 Å². The van der Waals surface area contributed by atoms with Crippen LogP contribution < -0.4 is 10.6 Å². The van der Waals surface area contributed by atoms with Gasteiger partial charge in [-0.3, -0.25) is 20.2 Å². The minimum absolute atomic E-state index is 0.782. The van der Waals surface area contributed by atoms with E-state index in [2.05, 4.69) is 0 Å². The van der Waals surface area contributed by atoms with Crippen molar-refractivity contribution in [2.24, 2.45) is 0 Å². The molecule has 0 aromatic rings. The van der Waals surface area contributed by atoms with E-state index in [1.807, 2.05) is 10.6 Å². The predicted octanol–water partition coefficient (Wildman–Crippen LogP) is -1.04. The number of carbonyl (C=O) groups is 3. The highest BCUT2D eigenvalue weighted by Gasteiger charge is 2.31. The fourth-order valence-corrected chi connectivity index (χ4v) is 0.610. The molecule has 1 heterocycles. The van der Waals surface area contributed by atoms with E-state index < -0.39 is 23.2 Å². The van der Waals surface area contributed by atoms with E-state index in [9.17, 15) is 14.4 Å². The minimum atomic E-state index is -1.29. The third kappa shape index (κ3) is 1.08. The zero-order chi connectivity index (χ0) is 7.72. The second kappa shape index (κ2) is 2.26. The lowest BCUT2D eigenvalue weighted by atomic mass is 10.3. The number of nitrogens with one attached hydrogen (secondary N) is 2. The lowest BCUT2D eigenvalue weighted by Gasteiger charge is -2.14. The zero-order valence-electron chi connectivity index (χ0n) is 4.68. The summed E-state index contributed by atoms with van der Waals surface area (Å²) in [5.41, 5.74) is 0. The van der Waals surface area contributed by atoms with Gasteiger partial charge in [-0.25, -0.2) is 4.79 Å². The van der Waals surface area contributed by atoms with Gasteiger partial charge in [-0.15, -0.1) is 11.6 Å². The molecular weight excluding hydrogens is 160 g/mol. The van der Waals surface area contributed by atoms with Gasteiger partial charge in [-0.05, 0) is 0 Å². The van der Waals surface area contributed by atoms with Crippen LogP contribution in [0.2, 0.25) is 0 Å². The maximum absolute atomic E-state index is 10.5. The molecule has 10 heavy (non-hydrogen) atoms. The maximum Gasteiger partial charge on any atom is 0.328 e. The minimum Gasteiger partial charge on any atom is -0.276 e. The highest BCUT2D eigenvalue weighted by Crippen LogP contribution is 1.98. The summed E-state index contributed by atoms with van der Waals surface area (Å²) in [7, 11) is 0. The Labute approximate surface area is 60.7 Å². The van der Waals surface area contributed by atoms with Crippen LogP contribution in [0.5, 0.6) is 0 Å². The second-order valence-electron chi connectivity index (χ2n) is 1.67. The van der Waals surface area contributed by atoms with Crippen molar-refractivity contribution in [3.05, 3.63) is 0 Å². The molecule has 0 aromatic carbocycles. The van der Waals surface area contributed by atoms with Gasteiger partial charge in [0, 0.05) is 0 Å². The van der Waals surface area contributed by atoms with Gasteiger partial charge in [-0.1, -0.05) is 0 Å². The average Bonchev–Trinajstić information content (AvgIpc) is 1.82. The number of urea groups is 1. The lowest BCUT2D eigenvalue weighted by Crippen LogP contribution is -2.56. The molecule has 5 nitrogen and oxygen atoms in total. The quantitative estimate of drug-likeness (QED) is 0.353. The molecule has 6 heteroatoms. The normalized spacial score (nSPS) is 20.3. The fraction of sp³-hybridized carbons (Fsp3) is 0.250. The Morgan fingerprint density at radius 2 is 1.50 bits per heavy atom. The maximum atomic E-state index is 10.5. The van der Waals surface area contributed by atoms with Gasteiger partial charge >= 0.3 is 6.03 Å². The molecule has 54 valence electrons. The Hall–Kier alpha value is -1.10. The summed E-state index contributed by atoms with van der Waals surface area (Å²) in [5, 5.41) is 2.34. The Morgan fingerprint density at radius 3 is 1.90 bits per heavy atom. The first-order valence-electron chi connectivity index (χ1n) is 2.41. The third-order valence-corrected chi connectivity index (χ3v) is 1.33. The molecule has 0 radical (unpaired) electrons. The SMILES string of the molecule is O=C1NC(=O)C(Cl)C(=O)N1. The first kappa shape index (κ1) is 7.01. The summed E-state index contributed by atoms with van der Waals surface area (Å²) in [4.78, 5) is 31.3. The number of hydrogen-bond acceptors (Lipinski definition) is 3. The van der Waals surface area contributed by atoms with E-state index in [1.165, 1.54) is 0 Å². The summed E-state index contributed by atoms with van der Waals surface area (Å²) >= 11 is 5.21. The van der Waals surface area contributed by atoms with E-state index in [1.54, 1.807) is 0 Å². The molecule has 1 aliphatic rings. The van der Waals surface area contributed by atoms with Crippen molar-refractivity contribution in [2.45, 2.75) is 5.38 Å². The van der Waals surface area contributed by atoms with Crippen molar-refractivity contribution in [1.82, 2.24) is 10.6 Å². The van der Waals surface area contributed by atoms with E-state index in [4.69, 9.17) is 11.6 Å².